The van der Waals surface area contributed by atoms with Gasteiger partial charge in [-0.25, -0.2) is 8.42 Å². The van der Waals surface area contributed by atoms with E-state index in [9.17, 15) is 27.6 Å². The molecule has 2 aliphatic rings. The molecular formula is C19H23N3O6S. The van der Waals surface area contributed by atoms with E-state index in [2.05, 4.69) is 5.32 Å². The SMILES string of the molecule is CNC(=O)CS(=O)(=O)C1CCN(C(=O)CCN2C(=O)c3ccccc3C2=O)CC1. The quantitative estimate of drug-likeness (QED) is 0.637. The summed E-state index contributed by atoms with van der Waals surface area (Å²) in [6, 6.07) is 6.53. The molecule has 0 bridgehead atoms. The predicted molar refractivity (Wildman–Crippen MR) is 104 cm³/mol. The van der Waals surface area contributed by atoms with Gasteiger partial charge in [0, 0.05) is 33.1 Å². The molecule has 1 N–H and O–H groups in total. The van der Waals surface area contributed by atoms with Crippen molar-refractivity contribution >= 4 is 33.5 Å². The van der Waals surface area contributed by atoms with Gasteiger partial charge in [-0.05, 0) is 25.0 Å². The Morgan fingerprint density at radius 2 is 1.62 bits per heavy atom. The number of nitrogens with one attached hydrogen (secondary N) is 1. The van der Waals surface area contributed by atoms with Crippen LogP contribution in [0.1, 0.15) is 40.0 Å². The molecule has 0 spiro atoms. The molecule has 2 aliphatic heterocycles. The summed E-state index contributed by atoms with van der Waals surface area (Å²) in [5, 5.41) is 1.65. The highest BCUT2D eigenvalue weighted by molar-refractivity contribution is 7.92. The van der Waals surface area contributed by atoms with Gasteiger partial charge in [-0.2, -0.15) is 0 Å². The second-order valence-corrected chi connectivity index (χ2v) is 9.40. The van der Waals surface area contributed by atoms with Crippen molar-refractivity contribution in [3.05, 3.63) is 35.4 Å². The maximum absolute atomic E-state index is 12.5. The van der Waals surface area contributed by atoms with Crippen molar-refractivity contribution in [1.82, 2.24) is 15.1 Å². The number of carbonyl (C=O) groups is 4. The standard InChI is InChI=1S/C19H23N3O6S/c1-20-16(23)12-29(27,28)13-6-9-21(10-7-13)17(24)8-11-22-18(25)14-4-2-3-5-15(14)19(22)26/h2-5,13H,6-12H2,1H3,(H,20,23). The smallest absolute Gasteiger partial charge is 0.261 e. The fourth-order valence-corrected chi connectivity index (χ4v) is 5.32. The second kappa shape index (κ2) is 8.32. The summed E-state index contributed by atoms with van der Waals surface area (Å²) < 4.78 is 24.5. The summed E-state index contributed by atoms with van der Waals surface area (Å²) in [6.07, 6.45) is 0.511. The highest BCUT2D eigenvalue weighted by atomic mass is 32.2. The van der Waals surface area contributed by atoms with E-state index in [4.69, 9.17) is 0 Å². The molecule has 3 rings (SSSR count). The lowest BCUT2D eigenvalue weighted by molar-refractivity contribution is -0.132. The van der Waals surface area contributed by atoms with Gasteiger partial charge in [0.25, 0.3) is 11.8 Å². The van der Waals surface area contributed by atoms with Gasteiger partial charge in [-0.15, -0.1) is 0 Å². The second-order valence-electron chi connectivity index (χ2n) is 7.12. The van der Waals surface area contributed by atoms with Crippen molar-refractivity contribution in [3.63, 3.8) is 0 Å². The molecule has 0 aliphatic carbocycles. The molecule has 156 valence electrons. The molecule has 1 aromatic carbocycles. The van der Waals surface area contributed by atoms with Crippen LogP contribution in [0, 0.1) is 0 Å². The number of amides is 4. The largest absolute Gasteiger partial charge is 0.358 e. The van der Waals surface area contributed by atoms with Gasteiger partial charge in [-0.1, -0.05) is 12.1 Å². The molecule has 0 saturated carbocycles. The van der Waals surface area contributed by atoms with Gasteiger partial charge >= 0.3 is 0 Å². The molecule has 2 heterocycles. The van der Waals surface area contributed by atoms with Crippen LogP contribution in [-0.4, -0.2) is 79.5 Å². The van der Waals surface area contributed by atoms with E-state index in [1.807, 2.05) is 0 Å². The van der Waals surface area contributed by atoms with Crippen LogP contribution in [0.2, 0.25) is 0 Å². The fraction of sp³-hybridized carbons (Fsp3) is 0.474. The fourth-order valence-electron chi connectivity index (χ4n) is 3.64. The number of imide groups is 1. The van der Waals surface area contributed by atoms with Crippen molar-refractivity contribution in [2.75, 3.05) is 32.4 Å². The van der Waals surface area contributed by atoms with E-state index in [-0.39, 0.29) is 44.8 Å². The van der Waals surface area contributed by atoms with Gasteiger partial charge in [0.1, 0.15) is 5.75 Å². The zero-order chi connectivity index (χ0) is 21.2. The molecule has 0 aromatic heterocycles. The molecule has 0 atom stereocenters. The molecule has 4 amide bonds. The normalized spacial score (nSPS) is 17.4. The zero-order valence-electron chi connectivity index (χ0n) is 16.1. The Balaban J connectivity index is 1.52. The minimum Gasteiger partial charge on any atom is -0.358 e. The Hall–Kier alpha value is -2.75. The van der Waals surface area contributed by atoms with Crippen LogP contribution in [0.5, 0.6) is 0 Å². The summed E-state index contributed by atoms with van der Waals surface area (Å²) in [5.41, 5.74) is 0.680. The number of carbonyl (C=O) groups excluding carboxylic acids is 4. The van der Waals surface area contributed by atoms with Crippen LogP contribution in [0.15, 0.2) is 24.3 Å². The van der Waals surface area contributed by atoms with Crippen LogP contribution in [-0.2, 0) is 19.4 Å². The van der Waals surface area contributed by atoms with Crippen molar-refractivity contribution in [2.45, 2.75) is 24.5 Å². The molecule has 9 nitrogen and oxygen atoms in total. The lowest BCUT2D eigenvalue weighted by Gasteiger charge is -2.32. The highest BCUT2D eigenvalue weighted by Crippen LogP contribution is 2.23. The van der Waals surface area contributed by atoms with Crippen LogP contribution in [0.3, 0.4) is 0 Å². The van der Waals surface area contributed by atoms with Crippen LogP contribution >= 0.6 is 0 Å². The number of sulfone groups is 1. The molecular weight excluding hydrogens is 398 g/mol. The molecule has 1 saturated heterocycles. The first kappa shape index (κ1) is 21.0. The molecule has 29 heavy (non-hydrogen) atoms. The summed E-state index contributed by atoms with van der Waals surface area (Å²) in [4.78, 5) is 51.2. The van der Waals surface area contributed by atoms with Crippen molar-refractivity contribution in [1.29, 1.82) is 0 Å². The lowest BCUT2D eigenvalue weighted by atomic mass is 10.1. The summed E-state index contributed by atoms with van der Waals surface area (Å²) in [7, 11) is -2.18. The number of piperidine rings is 1. The summed E-state index contributed by atoms with van der Waals surface area (Å²) >= 11 is 0. The summed E-state index contributed by atoms with van der Waals surface area (Å²) in [6.45, 7) is 0.511. The van der Waals surface area contributed by atoms with E-state index < -0.39 is 38.6 Å². The van der Waals surface area contributed by atoms with Gasteiger partial charge in [0.15, 0.2) is 9.84 Å². The number of hydrogen-bond acceptors (Lipinski definition) is 6. The van der Waals surface area contributed by atoms with E-state index in [0.29, 0.717) is 11.1 Å². The number of hydrogen-bond donors (Lipinski definition) is 1. The molecule has 10 heteroatoms. The van der Waals surface area contributed by atoms with Crippen LogP contribution in [0.4, 0.5) is 0 Å². The number of nitrogens with zero attached hydrogens (tertiary/aromatic N) is 2. The van der Waals surface area contributed by atoms with E-state index in [0.717, 1.165) is 4.90 Å². The van der Waals surface area contributed by atoms with Crippen LogP contribution < -0.4 is 5.32 Å². The molecule has 0 unspecified atom stereocenters. The average Bonchev–Trinajstić information content (AvgIpc) is 2.96. The number of fused-ring (bicyclic) bond motifs is 1. The lowest BCUT2D eigenvalue weighted by Crippen LogP contribution is -2.45. The van der Waals surface area contributed by atoms with Crippen molar-refractivity contribution in [3.8, 4) is 0 Å². The molecule has 1 fully saturated rings. The zero-order valence-corrected chi connectivity index (χ0v) is 16.9. The first-order valence-corrected chi connectivity index (χ1v) is 11.1. The van der Waals surface area contributed by atoms with E-state index >= 15 is 0 Å². The third-order valence-corrected chi connectivity index (χ3v) is 7.49. The third kappa shape index (κ3) is 4.31. The minimum absolute atomic E-state index is 0.0128. The van der Waals surface area contributed by atoms with Crippen molar-refractivity contribution in [2.24, 2.45) is 0 Å². The van der Waals surface area contributed by atoms with Gasteiger partial charge in [0.05, 0.1) is 16.4 Å². The Morgan fingerprint density at radius 3 is 2.14 bits per heavy atom. The maximum Gasteiger partial charge on any atom is 0.261 e. The van der Waals surface area contributed by atoms with E-state index in [1.165, 1.54) is 7.05 Å². The van der Waals surface area contributed by atoms with E-state index in [1.54, 1.807) is 29.2 Å². The van der Waals surface area contributed by atoms with Gasteiger partial charge in [-0.3, -0.25) is 24.1 Å². The Labute approximate surface area is 169 Å². The van der Waals surface area contributed by atoms with Crippen LogP contribution in [0.25, 0.3) is 0 Å². The first-order valence-electron chi connectivity index (χ1n) is 9.39. The highest BCUT2D eigenvalue weighted by Gasteiger charge is 2.36. The third-order valence-electron chi connectivity index (χ3n) is 5.34. The van der Waals surface area contributed by atoms with Gasteiger partial charge < -0.3 is 10.2 Å². The molecule has 0 radical (unpaired) electrons. The number of likely N-dealkylation sites (tertiary alicyclic amines) is 1. The minimum atomic E-state index is -3.56. The van der Waals surface area contributed by atoms with Crippen molar-refractivity contribution < 1.29 is 27.6 Å². The molecule has 1 aromatic rings. The first-order chi connectivity index (χ1) is 13.7. The topological polar surface area (TPSA) is 121 Å². The maximum atomic E-state index is 12.5. The Bertz CT molecular complexity index is 915. The monoisotopic (exact) mass is 421 g/mol. The predicted octanol–water partition coefficient (Wildman–Crippen LogP) is -0.175. The Kier molecular flexibility index (Phi) is 6.02. The number of benzene rings is 1. The Morgan fingerprint density at radius 1 is 1.07 bits per heavy atom. The number of rotatable bonds is 6. The average molecular weight is 421 g/mol. The van der Waals surface area contributed by atoms with Gasteiger partial charge in [0.2, 0.25) is 11.8 Å². The summed E-state index contributed by atoms with van der Waals surface area (Å²) in [5.74, 6) is -2.15.